The highest BCUT2D eigenvalue weighted by atomic mass is 127. The lowest BCUT2D eigenvalue weighted by molar-refractivity contribution is 0.634. The van der Waals surface area contributed by atoms with Gasteiger partial charge in [-0.05, 0) is 58.8 Å². The van der Waals surface area contributed by atoms with Crippen molar-refractivity contribution in [2.24, 2.45) is 5.84 Å². The number of aromatic nitrogens is 1. The van der Waals surface area contributed by atoms with Gasteiger partial charge in [0.1, 0.15) is 0 Å². The molecule has 18 heavy (non-hydrogen) atoms. The summed E-state index contributed by atoms with van der Waals surface area (Å²) in [5.41, 5.74) is 5.82. The molecule has 0 aliphatic heterocycles. The lowest BCUT2D eigenvalue weighted by Crippen LogP contribution is -2.29. The number of hydrazine groups is 1. The zero-order chi connectivity index (χ0) is 13.1. The Hall–Kier alpha value is -0.690. The highest BCUT2D eigenvalue weighted by Gasteiger charge is 2.13. The molecule has 0 fully saturated rings. The van der Waals surface area contributed by atoms with Crippen LogP contribution in [0.1, 0.15) is 22.9 Å². The summed E-state index contributed by atoms with van der Waals surface area (Å²) in [5.74, 6) is 5.64. The normalized spacial score (nSPS) is 12.4. The average Bonchev–Trinajstić information content (AvgIpc) is 2.37. The van der Waals surface area contributed by atoms with Gasteiger partial charge in [0.2, 0.25) is 0 Å². The van der Waals surface area contributed by atoms with Gasteiger partial charge in [0.05, 0.1) is 11.1 Å². The summed E-state index contributed by atoms with van der Waals surface area (Å²) in [6.07, 6.45) is 1.83. The SMILES string of the molecule is Cc1ccc(C(NN)c2ccc(I)c(Cl)c2)cn1. The first-order valence-electron chi connectivity index (χ1n) is 5.45. The molecule has 3 N–H and O–H groups in total. The molecule has 2 aromatic rings. The molecule has 94 valence electrons. The largest absolute Gasteiger partial charge is 0.271 e. The Labute approximate surface area is 125 Å². The summed E-state index contributed by atoms with van der Waals surface area (Å²) in [6.45, 7) is 1.95. The number of aryl methyl sites for hydroxylation is 1. The van der Waals surface area contributed by atoms with Crippen LogP contribution in [0.25, 0.3) is 0 Å². The molecule has 0 bridgehead atoms. The van der Waals surface area contributed by atoms with Gasteiger partial charge in [-0.25, -0.2) is 5.43 Å². The molecule has 1 aromatic heterocycles. The molecule has 1 heterocycles. The van der Waals surface area contributed by atoms with Gasteiger partial charge < -0.3 is 0 Å². The van der Waals surface area contributed by atoms with E-state index in [2.05, 4.69) is 33.0 Å². The van der Waals surface area contributed by atoms with E-state index >= 15 is 0 Å². The molecule has 0 saturated carbocycles. The van der Waals surface area contributed by atoms with E-state index in [9.17, 15) is 0 Å². The zero-order valence-corrected chi connectivity index (χ0v) is 12.7. The molecule has 0 spiro atoms. The fourth-order valence-electron chi connectivity index (χ4n) is 1.73. The fourth-order valence-corrected chi connectivity index (χ4v) is 2.25. The van der Waals surface area contributed by atoms with Crippen molar-refractivity contribution in [1.82, 2.24) is 10.4 Å². The van der Waals surface area contributed by atoms with Crippen molar-refractivity contribution in [1.29, 1.82) is 0 Å². The molecule has 2 rings (SSSR count). The third-order valence-corrected chi connectivity index (χ3v) is 4.28. The molecule has 1 atom stereocenters. The third-order valence-electron chi connectivity index (χ3n) is 2.71. The Morgan fingerprint density at radius 2 is 2.00 bits per heavy atom. The molecular weight excluding hydrogens is 361 g/mol. The fraction of sp³-hybridized carbons (Fsp3) is 0.154. The lowest BCUT2D eigenvalue weighted by atomic mass is 10.0. The standard InChI is InChI=1S/C13H13ClIN3/c1-8-2-3-10(7-17-8)13(18-16)9-4-5-12(15)11(14)6-9/h2-7,13,18H,16H2,1H3. The zero-order valence-electron chi connectivity index (χ0n) is 9.82. The minimum Gasteiger partial charge on any atom is -0.271 e. The van der Waals surface area contributed by atoms with Gasteiger partial charge >= 0.3 is 0 Å². The first-order chi connectivity index (χ1) is 8.61. The number of pyridine rings is 1. The van der Waals surface area contributed by atoms with Gasteiger partial charge in [0.15, 0.2) is 0 Å². The van der Waals surface area contributed by atoms with Gasteiger partial charge in [-0.15, -0.1) is 0 Å². The van der Waals surface area contributed by atoms with Gasteiger partial charge in [-0.3, -0.25) is 10.8 Å². The number of nitrogens with one attached hydrogen (secondary N) is 1. The van der Waals surface area contributed by atoms with Crippen LogP contribution in [0.15, 0.2) is 36.5 Å². The Morgan fingerprint density at radius 3 is 2.56 bits per heavy atom. The first kappa shape index (κ1) is 13.7. The molecular formula is C13H13ClIN3. The van der Waals surface area contributed by atoms with E-state index in [1.807, 2.05) is 43.5 Å². The van der Waals surface area contributed by atoms with Crippen molar-refractivity contribution in [2.75, 3.05) is 0 Å². The van der Waals surface area contributed by atoms with Crippen molar-refractivity contribution in [2.45, 2.75) is 13.0 Å². The predicted molar refractivity (Wildman–Crippen MR) is 82.3 cm³/mol. The monoisotopic (exact) mass is 373 g/mol. The predicted octanol–water partition coefficient (Wildman–Crippen LogP) is 3.20. The maximum atomic E-state index is 6.14. The highest BCUT2D eigenvalue weighted by Crippen LogP contribution is 2.26. The number of rotatable bonds is 3. The second-order valence-corrected chi connectivity index (χ2v) is 5.58. The highest BCUT2D eigenvalue weighted by molar-refractivity contribution is 14.1. The van der Waals surface area contributed by atoms with Crippen LogP contribution in [0.4, 0.5) is 0 Å². The second-order valence-electron chi connectivity index (χ2n) is 4.01. The minimum atomic E-state index is -0.104. The minimum absolute atomic E-state index is 0.104. The Bertz CT molecular complexity index is 542. The van der Waals surface area contributed by atoms with Crippen LogP contribution in [0.5, 0.6) is 0 Å². The van der Waals surface area contributed by atoms with Gasteiger partial charge in [-0.1, -0.05) is 23.7 Å². The Balaban J connectivity index is 2.38. The van der Waals surface area contributed by atoms with Crippen LogP contribution in [0.2, 0.25) is 5.02 Å². The molecule has 0 radical (unpaired) electrons. The smallest absolute Gasteiger partial charge is 0.0725 e. The molecule has 0 amide bonds. The number of nitrogens with two attached hydrogens (primary N) is 1. The lowest BCUT2D eigenvalue weighted by Gasteiger charge is -2.17. The van der Waals surface area contributed by atoms with E-state index in [-0.39, 0.29) is 6.04 Å². The molecule has 5 heteroatoms. The second kappa shape index (κ2) is 5.97. The van der Waals surface area contributed by atoms with Gasteiger partial charge in [0, 0.05) is 15.5 Å². The maximum Gasteiger partial charge on any atom is 0.0725 e. The van der Waals surface area contributed by atoms with Crippen molar-refractivity contribution in [3.05, 3.63) is 61.9 Å². The topological polar surface area (TPSA) is 50.9 Å². The molecule has 0 aliphatic carbocycles. The first-order valence-corrected chi connectivity index (χ1v) is 6.91. The average molecular weight is 374 g/mol. The maximum absolute atomic E-state index is 6.14. The van der Waals surface area contributed by atoms with Crippen LogP contribution < -0.4 is 11.3 Å². The summed E-state index contributed by atoms with van der Waals surface area (Å²) in [7, 11) is 0. The summed E-state index contributed by atoms with van der Waals surface area (Å²) < 4.78 is 1.02. The number of benzene rings is 1. The van der Waals surface area contributed by atoms with Crippen LogP contribution in [-0.4, -0.2) is 4.98 Å². The van der Waals surface area contributed by atoms with Crippen molar-refractivity contribution >= 4 is 34.2 Å². The van der Waals surface area contributed by atoms with Crippen LogP contribution in [0.3, 0.4) is 0 Å². The summed E-state index contributed by atoms with van der Waals surface area (Å²) >= 11 is 8.34. The quantitative estimate of drug-likeness (QED) is 0.493. The number of hydrogen-bond acceptors (Lipinski definition) is 3. The van der Waals surface area contributed by atoms with E-state index < -0.39 is 0 Å². The van der Waals surface area contributed by atoms with Crippen molar-refractivity contribution < 1.29 is 0 Å². The number of hydrogen-bond donors (Lipinski definition) is 2. The van der Waals surface area contributed by atoms with E-state index in [0.717, 1.165) is 25.4 Å². The molecule has 0 aliphatic rings. The van der Waals surface area contributed by atoms with Crippen LogP contribution in [-0.2, 0) is 0 Å². The van der Waals surface area contributed by atoms with E-state index in [1.165, 1.54) is 0 Å². The summed E-state index contributed by atoms with van der Waals surface area (Å²) in [4.78, 5) is 4.28. The molecule has 3 nitrogen and oxygen atoms in total. The Morgan fingerprint density at radius 1 is 1.28 bits per heavy atom. The van der Waals surface area contributed by atoms with Gasteiger partial charge in [0.25, 0.3) is 0 Å². The van der Waals surface area contributed by atoms with E-state index in [1.54, 1.807) is 0 Å². The van der Waals surface area contributed by atoms with Gasteiger partial charge in [-0.2, -0.15) is 0 Å². The molecule has 0 saturated heterocycles. The van der Waals surface area contributed by atoms with E-state index in [4.69, 9.17) is 17.4 Å². The molecule has 1 aromatic carbocycles. The third kappa shape index (κ3) is 3.00. The number of nitrogens with zero attached hydrogens (tertiary/aromatic N) is 1. The molecule has 1 unspecified atom stereocenters. The van der Waals surface area contributed by atoms with Crippen LogP contribution in [0, 0.1) is 10.5 Å². The summed E-state index contributed by atoms with van der Waals surface area (Å²) in [6, 6.07) is 9.79. The summed E-state index contributed by atoms with van der Waals surface area (Å²) in [5, 5.41) is 0.730. The van der Waals surface area contributed by atoms with E-state index in [0.29, 0.717) is 0 Å². The van der Waals surface area contributed by atoms with Crippen LogP contribution >= 0.6 is 34.2 Å². The number of halogens is 2. The Kier molecular flexibility index (Phi) is 4.55. The van der Waals surface area contributed by atoms with Crippen molar-refractivity contribution in [3.8, 4) is 0 Å². The van der Waals surface area contributed by atoms with Crippen molar-refractivity contribution in [3.63, 3.8) is 0 Å².